The zero-order valence-electron chi connectivity index (χ0n) is 8.92. The monoisotopic (exact) mass is 204 g/mol. The summed E-state index contributed by atoms with van der Waals surface area (Å²) >= 11 is 0. The van der Waals surface area contributed by atoms with Gasteiger partial charge in [-0.2, -0.15) is 0 Å². The largest absolute Gasteiger partial charge is 0.496 e. The van der Waals surface area contributed by atoms with Crippen LogP contribution in [-0.4, -0.2) is 12.9 Å². The van der Waals surface area contributed by atoms with Crippen molar-refractivity contribution in [3.05, 3.63) is 29.3 Å². The van der Waals surface area contributed by atoms with E-state index >= 15 is 0 Å². The Labute approximate surface area is 89.8 Å². The van der Waals surface area contributed by atoms with Gasteiger partial charge in [-0.3, -0.25) is 5.41 Å². The van der Waals surface area contributed by atoms with E-state index in [1.165, 1.54) is 11.1 Å². The topological polar surface area (TPSA) is 59.1 Å². The molecule has 0 aromatic heterocycles. The van der Waals surface area contributed by atoms with Crippen LogP contribution >= 0.6 is 0 Å². The molecular formula is C12H16N2O. The molecule has 0 saturated carbocycles. The van der Waals surface area contributed by atoms with Gasteiger partial charge in [-0.15, -0.1) is 0 Å². The molecule has 80 valence electrons. The van der Waals surface area contributed by atoms with Crippen LogP contribution in [0.1, 0.15) is 17.5 Å². The Morgan fingerprint density at radius 1 is 1.53 bits per heavy atom. The SMILES string of the molecule is COc1cccc2c1CCC(C(=N)N)C2. The summed E-state index contributed by atoms with van der Waals surface area (Å²) in [7, 11) is 1.70. The minimum Gasteiger partial charge on any atom is -0.496 e. The molecule has 0 bridgehead atoms. The van der Waals surface area contributed by atoms with Gasteiger partial charge in [-0.25, -0.2) is 0 Å². The highest BCUT2D eigenvalue weighted by Crippen LogP contribution is 2.31. The maximum Gasteiger partial charge on any atom is 0.122 e. The predicted octanol–water partition coefficient (Wildman–Crippen LogP) is 1.74. The van der Waals surface area contributed by atoms with E-state index in [-0.39, 0.29) is 5.92 Å². The summed E-state index contributed by atoms with van der Waals surface area (Å²) < 4.78 is 5.32. The fourth-order valence-electron chi connectivity index (χ4n) is 2.23. The molecule has 1 aromatic carbocycles. The maximum atomic E-state index is 7.48. The first-order valence-corrected chi connectivity index (χ1v) is 5.21. The number of fused-ring (bicyclic) bond motifs is 1. The van der Waals surface area contributed by atoms with Gasteiger partial charge in [0.15, 0.2) is 0 Å². The second kappa shape index (κ2) is 3.93. The molecular weight excluding hydrogens is 188 g/mol. The Morgan fingerprint density at radius 2 is 2.33 bits per heavy atom. The van der Waals surface area contributed by atoms with Crippen LogP contribution in [0.2, 0.25) is 0 Å². The van der Waals surface area contributed by atoms with Gasteiger partial charge in [0.25, 0.3) is 0 Å². The molecule has 0 fully saturated rings. The van der Waals surface area contributed by atoms with Crippen molar-refractivity contribution in [1.29, 1.82) is 5.41 Å². The fraction of sp³-hybridized carbons (Fsp3) is 0.417. The Balaban J connectivity index is 2.31. The van der Waals surface area contributed by atoms with Gasteiger partial charge in [-0.05, 0) is 36.5 Å². The second-order valence-electron chi connectivity index (χ2n) is 3.99. The number of nitrogens with one attached hydrogen (secondary N) is 1. The zero-order chi connectivity index (χ0) is 10.8. The van der Waals surface area contributed by atoms with Gasteiger partial charge in [0, 0.05) is 5.92 Å². The third-order valence-electron chi connectivity index (χ3n) is 3.10. The number of hydrogen-bond donors (Lipinski definition) is 2. The van der Waals surface area contributed by atoms with Gasteiger partial charge in [-0.1, -0.05) is 12.1 Å². The third kappa shape index (κ3) is 1.82. The van der Waals surface area contributed by atoms with Gasteiger partial charge < -0.3 is 10.5 Å². The molecule has 3 nitrogen and oxygen atoms in total. The van der Waals surface area contributed by atoms with E-state index in [2.05, 4.69) is 6.07 Å². The molecule has 1 atom stereocenters. The molecule has 1 aromatic rings. The van der Waals surface area contributed by atoms with E-state index in [4.69, 9.17) is 15.9 Å². The summed E-state index contributed by atoms with van der Waals surface area (Å²) in [6, 6.07) is 6.10. The minimum atomic E-state index is 0.213. The van der Waals surface area contributed by atoms with Gasteiger partial charge in [0.2, 0.25) is 0 Å². The summed E-state index contributed by atoms with van der Waals surface area (Å²) in [5, 5.41) is 7.48. The van der Waals surface area contributed by atoms with Crippen LogP contribution in [-0.2, 0) is 12.8 Å². The predicted molar refractivity (Wildman–Crippen MR) is 60.4 cm³/mol. The first kappa shape index (κ1) is 10.0. The van der Waals surface area contributed by atoms with E-state index in [9.17, 15) is 0 Å². The molecule has 0 radical (unpaired) electrons. The van der Waals surface area contributed by atoms with Crippen LogP contribution in [0.15, 0.2) is 18.2 Å². The number of nitrogens with two attached hydrogens (primary N) is 1. The molecule has 0 heterocycles. The molecule has 0 amide bonds. The fourth-order valence-corrected chi connectivity index (χ4v) is 2.23. The Morgan fingerprint density at radius 3 is 3.00 bits per heavy atom. The number of benzene rings is 1. The molecule has 1 aliphatic carbocycles. The average Bonchev–Trinajstić information content (AvgIpc) is 2.27. The normalized spacial score (nSPS) is 19.4. The summed E-state index contributed by atoms with van der Waals surface area (Å²) in [5.74, 6) is 1.49. The Kier molecular flexibility index (Phi) is 2.62. The van der Waals surface area contributed by atoms with Crippen LogP contribution in [0, 0.1) is 11.3 Å². The average molecular weight is 204 g/mol. The van der Waals surface area contributed by atoms with E-state index in [0.717, 1.165) is 25.0 Å². The summed E-state index contributed by atoms with van der Waals surface area (Å²) in [6.45, 7) is 0. The van der Waals surface area contributed by atoms with Crippen molar-refractivity contribution in [2.45, 2.75) is 19.3 Å². The van der Waals surface area contributed by atoms with Crippen molar-refractivity contribution in [3.63, 3.8) is 0 Å². The highest BCUT2D eigenvalue weighted by Gasteiger charge is 2.22. The van der Waals surface area contributed by atoms with Crippen LogP contribution < -0.4 is 10.5 Å². The van der Waals surface area contributed by atoms with Gasteiger partial charge in [0.05, 0.1) is 12.9 Å². The minimum absolute atomic E-state index is 0.213. The maximum absolute atomic E-state index is 7.48. The standard InChI is InChI=1S/C12H16N2O/c1-15-11-4-2-3-8-7-9(12(13)14)5-6-10(8)11/h2-4,9H,5-7H2,1H3,(H3,13,14). The van der Waals surface area contributed by atoms with Crippen LogP contribution in [0.5, 0.6) is 5.75 Å². The van der Waals surface area contributed by atoms with Crippen molar-refractivity contribution in [2.24, 2.45) is 11.7 Å². The number of hydrogen-bond acceptors (Lipinski definition) is 2. The van der Waals surface area contributed by atoms with E-state index < -0.39 is 0 Å². The second-order valence-corrected chi connectivity index (χ2v) is 3.99. The van der Waals surface area contributed by atoms with Crippen molar-refractivity contribution >= 4 is 5.84 Å². The Hall–Kier alpha value is -1.51. The lowest BCUT2D eigenvalue weighted by Crippen LogP contribution is -2.28. The highest BCUT2D eigenvalue weighted by molar-refractivity contribution is 5.80. The molecule has 0 saturated heterocycles. The molecule has 0 spiro atoms. The van der Waals surface area contributed by atoms with E-state index in [1.807, 2.05) is 12.1 Å². The van der Waals surface area contributed by atoms with Crippen molar-refractivity contribution in [2.75, 3.05) is 7.11 Å². The van der Waals surface area contributed by atoms with Gasteiger partial charge >= 0.3 is 0 Å². The zero-order valence-corrected chi connectivity index (χ0v) is 8.92. The van der Waals surface area contributed by atoms with Crippen molar-refractivity contribution in [3.8, 4) is 5.75 Å². The van der Waals surface area contributed by atoms with E-state index in [0.29, 0.717) is 5.84 Å². The molecule has 15 heavy (non-hydrogen) atoms. The molecule has 1 aliphatic rings. The van der Waals surface area contributed by atoms with Crippen LogP contribution in [0.3, 0.4) is 0 Å². The number of methoxy groups -OCH3 is 1. The van der Waals surface area contributed by atoms with Crippen molar-refractivity contribution < 1.29 is 4.74 Å². The molecule has 3 N–H and O–H groups in total. The Bertz CT molecular complexity index is 387. The summed E-state index contributed by atoms with van der Waals surface area (Å²) in [5.41, 5.74) is 8.11. The first-order valence-electron chi connectivity index (χ1n) is 5.21. The number of ether oxygens (including phenoxy) is 1. The van der Waals surface area contributed by atoms with Crippen LogP contribution in [0.4, 0.5) is 0 Å². The quantitative estimate of drug-likeness (QED) is 0.569. The molecule has 2 rings (SSSR count). The number of amidine groups is 1. The third-order valence-corrected chi connectivity index (χ3v) is 3.10. The molecule has 1 unspecified atom stereocenters. The molecule has 3 heteroatoms. The lowest BCUT2D eigenvalue weighted by atomic mass is 9.83. The lowest BCUT2D eigenvalue weighted by Gasteiger charge is -2.24. The summed E-state index contributed by atoms with van der Waals surface area (Å²) in [6.07, 6.45) is 2.80. The van der Waals surface area contributed by atoms with Crippen molar-refractivity contribution in [1.82, 2.24) is 0 Å². The smallest absolute Gasteiger partial charge is 0.122 e. The summed E-state index contributed by atoms with van der Waals surface area (Å²) in [4.78, 5) is 0. The van der Waals surface area contributed by atoms with Crippen LogP contribution in [0.25, 0.3) is 0 Å². The highest BCUT2D eigenvalue weighted by atomic mass is 16.5. The lowest BCUT2D eigenvalue weighted by molar-refractivity contribution is 0.403. The van der Waals surface area contributed by atoms with Gasteiger partial charge in [0.1, 0.15) is 5.75 Å². The molecule has 0 aliphatic heterocycles. The number of rotatable bonds is 2. The van der Waals surface area contributed by atoms with E-state index in [1.54, 1.807) is 7.11 Å². The first-order chi connectivity index (χ1) is 7.22.